The topological polar surface area (TPSA) is 67.8 Å². The molecule has 0 saturated carbocycles. The van der Waals surface area contributed by atoms with E-state index in [2.05, 4.69) is 51.6 Å². The van der Waals surface area contributed by atoms with E-state index in [1.54, 1.807) is 0 Å². The van der Waals surface area contributed by atoms with Crippen LogP contribution in [0.3, 0.4) is 0 Å². The molecule has 1 unspecified atom stereocenters. The van der Waals surface area contributed by atoms with Gasteiger partial charge in [0.2, 0.25) is 0 Å². The van der Waals surface area contributed by atoms with Crippen LogP contribution in [0.25, 0.3) is 0 Å². The highest BCUT2D eigenvalue weighted by molar-refractivity contribution is 7.80. The van der Waals surface area contributed by atoms with Gasteiger partial charge < -0.3 is 20.6 Å². The standard InChI is InChI=1S/C20H32N4O2S/c1-3-23-11-9-21-19(8-10-24(13-12-23)15-20(25)26)14-17-4-6-18(7-5-17)22-16(2)27/h4-7,19,21H,3,8-15H2,1-2H3,(H,22,27)(H,25,26). The molecular formula is C20H32N4O2S. The molecule has 1 aromatic rings. The summed E-state index contributed by atoms with van der Waals surface area (Å²) in [5.74, 6) is -0.753. The van der Waals surface area contributed by atoms with Gasteiger partial charge in [0.15, 0.2) is 0 Å². The number of benzene rings is 1. The smallest absolute Gasteiger partial charge is 0.317 e. The Balaban J connectivity index is 1.98. The number of aliphatic carboxylic acids is 1. The van der Waals surface area contributed by atoms with Gasteiger partial charge >= 0.3 is 5.97 Å². The lowest BCUT2D eigenvalue weighted by Crippen LogP contribution is -2.46. The fourth-order valence-electron chi connectivity index (χ4n) is 3.43. The zero-order valence-corrected chi connectivity index (χ0v) is 17.2. The van der Waals surface area contributed by atoms with Crippen molar-refractivity contribution < 1.29 is 9.90 Å². The maximum atomic E-state index is 11.2. The molecule has 6 nitrogen and oxygen atoms in total. The van der Waals surface area contributed by atoms with E-state index in [-0.39, 0.29) is 6.54 Å². The van der Waals surface area contributed by atoms with Crippen molar-refractivity contribution in [2.75, 3.05) is 51.1 Å². The van der Waals surface area contributed by atoms with Gasteiger partial charge in [-0.05, 0) is 44.0 Å². The lowest BCUT2D eigenvalue weighted by atomic mass is 10.0. The van der Waals surface area contributed by atoms with Crippen molar-refractivity contribution >= 4 is 28.9 Å². The molecule has 1 heterocycles. The monoisotopic (exact) mass is 392 g/mol. The molecule has 0 amide bonds. The second-order valence-corrected chi connectivity index (χ2v) is 7.74. The Morgan fingerprint density at radius 2 is 1.93 bits per heavy atom. The van der Waals surface area contributed by atoms with Crippen molar-refractivity contribution in [3.8, 4) is 0 Å². The number of hydrogen-bond donors (Lipinski definition) is 3. The molecular weight excluding hydrogens is 360 g/mol. The summed E-state index contributed by atoms with van der Waals surface area (Å²) in [6.07, 6.45) is 1.88. The van der Waals surface area contributed by atoms with Crippen LogP contribution >= 0.6 is 12.2 Å². The van der Waals surface area contributed by atoms with Gasteiger partial charge in [-0.3, -0.25) is 9.69 Å². The van der Waals surface area contributed by atoms with Crippen molar-refractivity contribution in [2.24, 2.45) is 0 Å². The Morgan fingerprint density at radius 1 is 1.22 bits per heavy atom. The van der Waals surface area contributed by atoms with Crippen LogP contribution < -0.4 is 10.6 Å². The predicted molar refractivity (Wildman–Crippen MR) is 115 cm³/mol. The first kappa shape index (κ1) is 21.8. The van der Waals surface area contributed by atoms with E-state index < -0.39 is 5.97 Å². The van der Waals surface area contributed by atoms with Gasteiger partial charge in [-0.15, -0.1) is 0 Å². The summed E-state index contributed by atoms with van der Waals surface area (Å²) in [6.45, 7) is 9.60. The molecule has 7 heteroatoms. The summed E-state index contributed by atoms with van der Waals surface area (Å²) in [7, 11) is 0. The highest BCUT2D eigenvalue weighted by Crippen LogP contribution is 2.13. The largest absolute Gasteiger partial charge is 0.480 e. The lowest BCUT2D eigenvalue weighted by Gasteiger charge is -2.30. The highest BCUT2D eigenvalue weighted by Gasteiger charge is 2.17. The van der Waals surface area contributed by atoms with Crippen LogP contribution in [0, 0.1) is 0 Å². The number of nitrogens with zero attached hydrogens (tertiary/aromatic N) is 2. The summed E-state index contributed by atoms with van der Waals surface area (Å²) in [5, 5.41) is 16.0. The fraction of sp³-hybridized carbons (Fsp3) is 0.600. The molecule has 2 rings (SSSR count). The van der Waals surface area contributed by atoms with Crippen LogP contribution in [0.5, 0.6) is 0 Å². The highest BCUT2D eigenvalue weighted by atomic mass is 32.1. The van der Waals surface area contributed by atoms with E-state index in [1.807, 2.05) is 6.92 Å². The van der Waals surface area contributed by atoms with E-state index in [9.17, 15) is 9.90 Å². The number of carbonyl (C=O) groups is 1. The van der Waals surface area contributed by atoms with Crippen LogP contribution in [0.4, 0.5) is 5.69 Å². The number of carboxylic acid groups (broad SMARTS) is 1. The van der Waals surface area contributed by atoms with Crippen LogP contribution in [-0.4, -0.2) is 77.7 Å². The van der Waals surface area contributed by atoms with Crippen LogP contribution in [0.1, 0.15) is 25.8 Å². The molecule has 0 radical (unpaired) electrons. The lowest BCUT2D eigenvalue weighted by molar-refractivity contribution is -0.138. The Bertz CT molecular complexity index is 609. The summed E-state index contributed by atoms with van der Waals surface area (Å²) < 4.78 is 0. The van der Waals surface area contributed by atoms with Gasteiger partial charge in [-0.25, -0.2) is 0 Å². The van der Waals surface area contributed by atoms with Crippen LogP contribution in [-0.2, 0) is 11.2 Å². The van der Waals surface area contributed by atoms with Crippen molar-refractivity contribution in [3.05, 3.63) is 29.8 Å². The molecule has 3 N–H and O–H groups in total. The number of carboxylic acids is 1. The fourth-order valence-corrected chi connectivity index (χ4v) is 3.54. The van der Waals surface area contributed by atoms with Crippen molar-refractivity contribution in [1.82, 2.24) is 15.1 Å². The number of anilines is 1. The second kappa shape index (κ2) is 11.3. The molecule has 0 aliphatic carbocycles. The number of nitrogens with one attached hydrogen (secondary N) is 2. The minimum absolute atomic E-state index is 0.113. The molecule has 1 aromatic carbocycles. The van der Waals surface area contributed by atoms with Gasteiger partial charge in [-0.1, -0.05) is 31.3 Å². The molecule has 1 fully saturated rings. The Kier molecular flexibility index (Phi) is 9.14. The minimum Gasteiger partial charge on any atom is -0.480 e. The van der Waals surface area contributed by atoms with Gasteiger partial charge in [0.25, 0.3) is 0 Å². The van der Waals surface area contributed by atoms with Crippen molar-refractivity contribution in [2.45, 2.75) is 32.7 Å². The van der Waals surface area contributed by atoms with Crippen LogP contribution in [0.15, 0.2) is 24.3 Å². The normalized spacial score (nSPS) is 20.1. The van der Waals surface area contributed by atoms with E-state index in [1.165, 1.54) is 5.56 Å². The Hall–Kier alpha value is -1.54. The van der Waals surface area contributed by atoms with Crippen molar-refractivity contribution in [1.29, 1.82) is 0 Å². The molecule has 1 atom stereocenters. The predicted octanol–water partition coefficient (Wildman–Crippen LogP) is 2.06. The molecule has 0 bridgehead atoms. The van der Waals surface area contributed by atoms with Gasteiger partial charge in [0.05, 0.1) is 11.5 Å². The van der Waals surface area contributed by atoms with E-state index >= 15 is 0 Å². The average molecular weight is 393 g/mol. The van der Waals surface area contributed by atoms with Crippen LogP contribution in [0.2, 0.25) is 0 Å². The number of likely N-dealkylation sites (N-methyl/N-ethyl adjacent to an activating group) is 1. The van der Waals surface area contributed by atoms with E-state index in [0.29, 0.717) is 6.04 Å². The maximum Gasteiger partial charge on any atom is 0.317 e. The van der Waals surface area contributed by atoms with Gasteiger partial charge in [0.1, 0.15) is 0 Å². The number of rotatable bonds is 6. The molecule has 27 heavy (non-hydrogen) atoms. The number of hydrogen-bond acceptors (Lipinski definition) is 5. The van der Waals surface area contributed by atoms with E-state index in [0.717, 1.165) is 62.8 Å². The molecule has 150 valence electrons. The Labute approximate surface area is 167 Å². The van der Waals surface area contributed by atoms with E-state index in [4.69, 9.17) is 12.2 Å². The first-order chi connectivity index (χ1) is 13.0. The first-order valence-electron chi connectivity index (χ1n) is 9.72. The molecule has 0 aromatic heterocycles. The second-order valence-electron chi connectivity index (χ2n) is 7.13. The zero-order valence-electron chi connectivity index (χ0n) is 16.4. The maximum absolute atomic E-state index is 11.2. The third-order valence-corrected chi connectivity index (χ3v) is 5.05. The van der Waals surface area contributed by atoms with Crippen molar-refractivity contribution in [3.63, 3.8) is 0 Å². The third kappa shape index (κ3) is 8.34. The Morgan fingerprint density at radius 3 is 2.56 bits per heavy atom. The van der Waals surface area contributed by atoms with Gasteiger partial charge in [-0.2, -0.15) is 0 Å². The summed E-state index contributed by atoms with van der Waals surface area (Å²) >= 11 is 5.08. The SMILES string of the molecule is CCN1CCNC(Cc2ccc(NC(C)=S)cc2)CCN(CC(=O)O)CC1. The average Bonchev–Trinajstić information content (AvgIpc) is 2.62. The summed E-state index contributed by atoms with van der Waals surface area (Å²) in [6, 6.07) is 8.72. The molecule has 1 aliphatic rings. The number of thiocarbonyl (C=S) groups is 1. The molecule has 1 saturated heterocycles. The quantitative estimate of drug-likeness (QED) is 0.640. The zero-order chi connectivity index (χ0) is 19.6. The molecule has 1 aliphatic heterocycles. The summed E-state index contributed by atoms with van der Waals surface area (Å²) in [4.78, 5) is 16.4. The first-order valence-corrected chi connectivity index (χ1v) is 10.1. The summed E-state index contributed by atoms with van der Waals surface area (Å²) in [5.41, 5.74) is 2.28. The minimum atomic E-state index is -0.753. The third-order valence-electron chi connectivity index (χ3n) is 4.95. The van der Waals surface area contributed by atoms with Gasteiger partial charge in [0, 0.05) is 44.5 Å². The molecule has 0 spiro atoms.